The summed E-state index contributed by atoms with van der Waals surface area (Å²) in [6.07, 6.45) is 5.25. The van der Waals surface area contributed by atoms with Crippen LogP contribution in [0.4, 0.5) is 5.69 Å². The van der Waals surface area contributed by atoms with Crippen LogP contribution in [0.5, 0.6) is 0 Å². The van der Waals surface area contributed by atoms with Gasteiger partial charge in [-0.2, -0.15) is 0 Å². The standard InChI is InChI=1S/C16H23Br2N/c1-16(2,3)11-4-7-13(8-5-11)19-15-9-6-12(17)10-14(15)18/h6,9-11,13,19H,4-5,7-8H2,1-3H3. The highest BCUT2D eigenvalue weighted by Gasteiger charge is 2.29. The number of anilines is 1. The predicted octanol–water partition coefficient (Wildman–Crippen LogP) is 6.23. The van der Waals surface area contributed by atoms with Crippen molar-refractivity contribution in [2.45, 2.75) is 52.5 Å². The van der Waals surface area contributed by atoms with Gasteiger partial charge in [0.1, 0.15) is 0 Å². The van der Waals surface area contributed by atoms with E-state index in [-0.39, 0.29) is 0 Å². The van der Waals surface area contributed by atoms with Crippen molar-refractivity contribution >= 4 is 37.5 Å². The zero-order valence-corrected chi connectivity index (χ0v) is 15.1. The minimum atomic E-state index is 0.461. The van der Waals surface area contributed by atoms with Crippen LogP contribution in [-0.4, -0.2) is 6.04 Å². The lowest BCUT2D eigenvalue weighted by Gasteiger charge is -2.37. The normalized spacial score (nSPS) is 24.3. The summed E-state index contributed by atoms with van der Waals surface area (Å²) in [5.74, 6) is 0.874. The van der Waals surface area contributed by atoms with Gasteiger partial charge in [-0.05, 0) is 71.1 Å². The Kier molecular flexibility index (Phi) is 4.99. The maximum absolute atomic E-state index is 3.68. The molecule has 0 bridgehead atoms. The Morgan fingerprint density at radius 3 is 2.21 bits per heavy atom. The maximum Gasteiger partial charge on any atom is 0.0487 e. The summed E-state index contributed by atoms with van der Waals surface area (Å²) in [6.45, 7) is 7.12. The molecule has 0 aromatic heterocycles. The van der Waals surface area contributed by atoms with Gasteiger partial charge >= 0.3 is 0 Å². The molecule has 0 spiro atoms. The zero-order valence-electron chi connectivity index (χ0n) is 12.0. The molecule has 0 atom stereocenters. The van der Waals surface area contributed by atoms with Gasteiger partial charge in [-0.3, -0.25) is 0 Å². The largest absolute Gasteiger partial charge is 0.381 e. The van der Waals surface area contributed by atoms with E-state index in [0.717, 1.165) is 14.9 Å². The third-order valence-corrected chi connectivity index (χ3v) is 5.39. The fourth-order valence-corrected chi connectivity index (χ4v) is 4.09. The number of hydrogen-bond acceptors (Lipinski definition) is 1. The molecule has 1 aromatic carbocycles. The van der Waals surface area contributed by atoms with E-state index in [2.05, 4.69) is 76.1 Å². The van der Waals surface area contributed by atoms with Gasteiger partial charge in [0.2, 0.25) is 0 Å². The topological polar surface area (TPSA) is 12.0 Å². The highest BCUT2D eigenvalue weighted by atomic mass is 79.9. The van der Waals surface area contributed by atoms with Crippen molar-refractivity contribution in [1.82, 2.24) is 0 Å². The van der Waals surface area contributed by atoms with Crippen molar-refractivity contribution in [3.63, 3.8) is 0 Å². The molecule has 0 unspecified atom stereocenters. The van der Waals surface area contributed by atoms with Crippen LogP contribution in [0, 0.1) is 11.3 Å². The summed E-state index contributed by atoms with van der Waals surface area (Å²) in [5, 5.41) is 3.68. The summed E-state index contributed by atoms with van der Waals surface area (Å²) in [4.78, 5) is 0. The molecule has 0 saturated heterocycles. The van der Waals surface area contributed by atoms with E-state index in [4.69, 9.17) is 0 Å². The Labute approximate surface area is 133 Å². The number of rotatable bonds is 2. The first-order valence-corrected chi connectivity index (χ1v) is 8.66. The lowest BCUT2D eigenvalue weighted by molar-refractivity contribution is 0.173. The van der Waals surface area contributed by atoms with Gasteiger partial charge in [-0.25, -0.2) is 0 Å². The number of hydrogen-bond donors (Lipinski definition) is 1. The quantitative estimate of drug-likeness (QED) is 0.633. The molecule has 0 amide bonds. The molecule has 1 nitrogen and oxygen atoms in total. The summed E-state index contributed by atoms with van der Waals surface area (Å²) in [6, 6.07) is 6.96. The van der Waals surface area contributed by atoms with Crippen LogP contribution in [0.15, 0.2) is 27.1 Å². The molecule has 19 heavy (non-hydrogen) atoms. The third-order valence-electron chi connectivity index (χ3n) is 4.24. The highest BCUT2D eigenvalue weighted by molar-refractivity contribution is 9.11. The highest BCUT2D eigenvalue weighted by Crippen LogP contribution is 2.39. The Balaban J connectivity index is 1.92. The van der Waals surface area contributed by atoms with Gasteiger partial charge in [-0.1, -0.05) is 36.7 Å². The molecule has 3 heteroatoms. The first-order chi connectivity index (χ1) is 8.86. The number of nitrogens with one attached hydrogen (secondary N) is 1. The molecule has 0 aliphatic heterocycles. The van der Waals surface area contributed by atoms with Crippen LogP contribution < -0.4 is 5.32 Å². The molecule has 1 saturated carbocycles. The Morgan fingerprint density at radius 2 is 1.68 bits per heavy atom. The molecule has 2 rings (SSSR count). The van der Waals surface area contributed by atoms with Crippen molar-refractivity contribution in [2.75, 3.05) is 5.32 Å². The molecule has 1 aromatic rings. The molecule has 106 valence electrons. The molecular weight excluding hydrogens is 366 g/mol. The maximum atomic E-state index is 3.68. The third kappa shape index (κ3) is 4.22. The van der Waals surface area contributed by atoms with Gasteiger partial charge in [0, 0.05) is 20.7 Å². The zero-order chi connectivity index (χ0) is 14.0. The smallest absolute Gasteiger partial charge is 0.0487 e. The first kappa shape index (κ1) is 15.4. The van der Waals surface area contributed by atoms with E-state index >= 15 is 0 Å². The predicted molar refractivity (Wildman–Crippen MR) is 90.7 cm³/mol. The van der Waals surface area contributed by atoms with Crippen LogP contribution in [0.25, 0.3) is 0 Å². The number of benzene rings is 1. The van der Waals surface area contributed by atoms with Gasteiger partial charge in [0.05, 0.1) is 0 Å². The first-order valence-electron chi connectivity index (χ1n) is 7.08. The Hall–Kier alpha value is -0.0200. The second kappa shape index (κ2) is 6.17. The minimum absolute atomic E-state index is 0.461. The van der Waals surface area contributed by atoms with Crippen LogP contribution >= 0.6 is 31.9 Å². The SMILES string of the molecule is CC(C)(C)C1CCC(Nc2ccc(Br)cc2Br)CC1. The molecule has 0 heterocycles. The van der Waals surface area contributed by atoms with Crippen LogP contribution in [-0.2, 0) is 0 Å². The van der Waals surface area contributed by atoms with Gasteiger partial charge in [-0.15, -0.1) is 0 Å². The molecule has 0 radical (unpaired) electrons. The Morgan fingerprint density at radius 1 is 1.05 bits per heavy atom. The van der Waals surface area contributed by atoms with Gasteiger partial charge in [0.15, 0.2) is 0 Å². The molecular formula is C16H23Br2N. The van der Waals surface area contributed by atoms with Crippen molar-refractivity contribution in [3.05, 3.63) is 27.1 Å². The molecule has 1 fully saturated rings. The average molecular weight is 389 g/mol. The summed E-state index contributed by atoms with van der Waals surface area (Å²) >= 11 is 7.12. The van der Waals surface area contributed by atoms with E-state index < -0.39 is 0 Å². The molecule has 1 N–H and O–H groups in total. The van der Waals surface area contributed by atoms with Gasteiger partial charge < -0.3 is 5.32 Å². The minimum Gasteiger partial charge on any atom is -0.381 e. The summed E-state index contributed by atoms with van der Waals surface area (Å²) in [5.41, 5.74) is 1.67. The van der Waals surface area contributed by atoms with Crippen molar-refractivity contribution in [2.24, 2.45) is 11.3 Å². The summed E-state index contributed by atoms with van der Waals surface area (Å²) in [7, 11) is 0. The lowest BCUT2D eigenvalue weighted by Crippen LogP contribution is -2.31. The Bertz CT molecular complexity index is 429. The second-order valence-electron chi connectivity index (χ2n) is 6.68. The fraction of sp³-hybridized carbons (Fsp3) is 0.625. The van der Waals surface area contributed by atoms with E-state index in [0.29, 0.717) is 11.5 Å². The monoisotopic (exact) mass is 387 g/mol. The van der Waals surface area contributed by atoms with Crippen molar-refractivity contribution < 1.29 is 0 Å². The lowest BCUT2D eigenvalue weighted by atomic mass is 9.71. The molecule has 1 aliphatic rings. The average Bonchev–Trinajstić information content (AvgIpc) is 2.32. The van der Waals surface area contributed by atoms with E-state index in [1.165, 1.54) is 31.4 Å². The van der Waals surface area contributed by atoms with Crippen LogP contribution in [0.1, 0.15) is 46.5 Å². The number of halogens is 2. The van der Waals surface area contributed by atoms with Crippen molar-refractivity contribution in [3.8, 4) is 0 Å². The van der Waals surface area contributed by atoms with E-state index in [9.17, 15) is 0 Å². The second-order valence-corrected chi connectivity index (χ2v) is 8.45. The fourth-order valence-electron chi connectivity index (χ4n) is 2.93. The van der Waals surface area contributed by atoms with Crippen molar-refractivity contribution in [1.29, 1.82) is 0 Å². The molecule has 1 aliphatic carbocycles. The van der Waals surface area contributed by atoms with Gasteiger partial charge in [0.25, 0.3) is 0 Å². The van der Waals surface area contributed by atoms with E-state index in [1.807, 2.05) is 0 Å². The summed E-state index contributed by atoms with van der Waals surface area (Å²) < 4.78 is 2.25. The van der Waals surface area contributed by atoms with E-state index in [1.54, 1.807) is 0 Å². The van der Waals surface area contributed by atoms with Crippen LogP contribution in [0.2, 0.25) is 0 Å². The van der Waals surface area contributed by atoms with Crippen LogP contribution in [0.3, 0.4) is 0 Å².